The van der Waals surface area contributed by atoms with E-state index in [1.165, 1.54) is 35.0 Å². The van der Waals surface area contributed by atoms with E-state index in [9.17, 15) is 26.7 Å². The Morgan fingerprint density at radius 2 is 1.62 bits per heavy atom. The second-order valence-electron chi connectivity index (χ2n) is 9.54. The highest BCUT2D eigenvalue weighted by atomic mass is 19.4. The Balaban J connectivity index is 1.53. The van der Waals surface area contributed by atoms with Gasteiger partial charge in [0.15, 0.2) is 0 Å². The van der Waals surface area contributed by atoms with Crippen molar-refractivity contribution >= 4 is 11.0 Å². The van der Waals surface area contributed by atoms with E-state index in [4.69, 9.17) is 0 Å². The number of hydrogen-bond donors (Lipinski definition) is 0. The zero-order valence-electron chi connectivity index (χ0n) is 20.0. The highest BCUT2D eigenvalue weighted by Gasteiger charge is 2.34. The Morgan fingerprint density at radius 3 is 2.30 bits per heavy atom. The van der Waals surface area contributed by atoms with Crippen molar-refractivity contribution in [3.05, 3.63) is 105 Å². The standard InChI is InChI=1S/C28H24F5N3O/c1-16-7-8-19-14-20(17-9-11-18(12-10-17)25-22(29)5-2-6-23(25)30)27(37)36(26(19)35-16)15-24-21(28(31,32)33)4-3-13-34-24/h2-8,13-14,17-18H,9-12,15H2,1H3/t17-,18-. The molecule has 0 N–H and O–H groups in total. The lowest BCUT2D eigenvalue weighted by Crippen LogP contribution is -2.29. The van der Waals surface area contributed by atoms with Crippen molar-refractivity contribution < 1.29 is 22.0 Å². The summed E-state index contributed by atoms with van der Waals surface area (Å²) in [6.45, 7) is 1.36. The minimum atomic E-state index is -4.62. The molecule has 0 unspecified atom stereocenters. The summed E-state index contributed by atoms with van der Waals surface area (Å²) in [4.78, 5) is 22.1. The molecule has 0 radical (unpaired) electrons. The van der Waals surface area contributed by atoms with Crippen molar-refractivity contribution in [1.29, 1.82) is 0 Å². The number of rotatable bonds is 4. The molecule has 37 heavy (non-hydrogen) atoms. The number of fused-ring (bicyclic) bond motifs is 1. The number of hydrogen-bond acceptors (Lipinski definition) is 3. The summed E-state index contributed by atoms with van der Waals surface area (Å²) in [6, 6.07) is 11.3. The molecule has 9 heteroatoms. The summed E-state index contributed by atoms with van der Waals surface area (Å²) >= 11 is 0. The summed E-state index contributed by atoms with van der Waals surface area (Å²) < 4.78 is 70.8. The average molecular weight is 514 g/mol. The molecule has 3 heterocycles. The van der Waals surface area contributed by atoms with Crippen LogP contribution in [0.25, 0.3) is 11.0 Å². The number of nitrogens with zero attached hydrogens (tertiary/aromatic N) is 3. The molecule has 1 aliphatic rings. The molecule has 4 aromatic rings. The third kappa shape index (κ3) is 4.86. The van der Waals surface area contributed by atoms with Gasteiger partial charge in [-0.15, -0.1) is 0 Å². The predicted molar refractivity (Wildman–Crippen MR) is 129 cm³/mol. The van der Waals surface area contributed by atoms with Crippen LogP contribution >= 0.6 is 0 Å². The molecule has 1 aromatic carbocycles. The smallest absolute Gasteiger partial charge is 0.286 e. The van der Waals surface area contributed by atoms with Crippen molar-refractivity contribution in [2.75, 3.05) is 0 Å². The van der Waals surface area contributed by atoms with Crippen LogP contribution < -0.4 is 5.56 Å². The molecule has 0 amide bonds. The minimum Gasteiger partial charge on any atom is -0.286 e. The maximum Gasteiger partial charge on any atom is 0.418 e. The van der Waals surface area contributed by atoms with Crippen LogP contribution in [-0.2, 0) is 12.7 Å². The molecule has 0 bridgehead atoms. The Hall–Kier alpha value is -3.62. The maximum atomic E-state index is 14.3. The molecular weight excluding hydrogens is 489 g/mol. The van der Waals surface area contributed by atoms with Crippen LogP contribution in [-0.4, -0.2) is 14.5 Å². The summed E-state index contributed by atoms with van der Waals surface area (Å²) in [5, 5.41) is 0.631. The third-order valence-electron chi connectivity index (χ3n) is 7.18. The lowest BCUT2D eigenvalue weighted by atomic mass is 9.76. The Kier molecular flexibility index (Phi) is 6.56. The SMILES string of the molecule is Cc1ccc2cc([C@H]3CC[C@H](c4c(F)cccc4F)CC3)c(=O)n(Cc3ncccc3C(F)(F)F)c2n1. The number of aryl methyl sites for hydroxylation is 1. The molecule has 0 atom stereocenters. The summed E-state index contributed by atoms with van der Waals surface area (Å²) in [5.74, 6) is -1.64. The van der Waals surface area contributed by atoms with Crippen molar-refractivity contribution in [2.24, 2.45) is 0 Å². The van der Waals surface area contributed by atoms with Crippen molar-refractivity contribution in [3.63, 3.8) is 0 Å². The van der Waals surface area contributed by atoms with Gasteiger partial charge in [0.2, 0.25) is 0 Å². The number of benzene rings is 1. The zero-order valence-corrected chi connectivity index (χ0v) is 20.0. The number of aromatic nitrogens is 3. The first-order chi connectivity index (χ1) is 17.6. The third-order valence-corrected chi connectivity index (χ3v) is 7.18. The van der Waals surface area contributed by atoms with E-state index in [0.717, 1.165) is 6.07 Å². The van der Waals surface area contributed by atoms with E-state index in [1.807, 2.05) is 0 Å². The fraction of sp³-hybridized carbons (Fsp3) is 0.321. The monoisotopic (exact) mass is 513 g/mol. The number of alkyl halides is 3. The van der Waals surface area contributed by atoms with Gasteiger partial charge in [0.1, 0.15) is 17.3 Å². The molecule has 0 spiro atoms. The van der Waals surface area contributed by atoms with Gasteiger partial charge < -0.3 is 0 Å². The largest absolute Gasteiger partial charge is 0.418 e. The van der Waals surface area contributed by atoms with Crippen LogP contribution in [0.5, 0.6) is 0 Å². The van der Waals surface area contributed by atoms with Crippen LogP contribution in [0.2, 0.25) is 0 Å². The Labute approximate surface area is 209 Å². The fourth-order valence-electron chi connectivity index (χ4n) is 5.37. The maximum absolute atomic E-state index is 14.3. The van der Waals surface area contributed by atoms with Gasteiger partial charge in [-0.1, -0.05) is 6.07 Å². The van der Waals surface area contributed by atoms with Gasteiger partial charge in [0.25, 0.3) is 5.56 Å². The van der Waals surface area contributed by atoms with Crippen LogP contribution in [0.3, 0.4) is 0 Å². The molecule has 4 nitrogen and oxygen atoms in total. The normalized spacial score (nSPS) is 18.3. The van der Waals surface area contributed by atoms with Crippen molar-refractivity contribution in [1.82, 2.24) is 14.5 Å². The predicted octanol–water partition coefficient (Wildman–Crippen LogP) is 6.89. The zero-order chi connectivity index (χ0) is 26.3. The Morgan fingerprint density at radius 1 is 0.946 bits per heavy atom. The number of halogens is 5. The summed E-state index contributed by atoms with van der Waals surface area (Å²) in [6.07, 6.45) is -1.32. The van der Waals surface area contributed by atoms with E-state index in [1.54, 1.807) is 25.1 Å². The lowest BCUT2D eigenvalue weighted by molar-refractivity contribution is -0.138. The van der Waals surface area contributed by atoms with Gasteiger partial charge in [-0.05, 0) is 86.9 Å². The molecule has 192 valence electrons. The van der Waals surface area contributed by atoms with Crippen molar-refractivity contribution in [2.45, 2.75) is 57.2 Å². The summed E-state index contributed by atoms with van der Waals surface area (Å²) in [5.41, 5.74) is -0.142. The van der Waals surface area contributed by atoms with Crippen LogP contribution in [0, 0.1) is 18.6 Å². The van der Waals surface area contributed by atoms with E-state index in [2.05, 4.69) is 9.97 Å². The second kappa shape index (κ2) is 9.68. The Bertz CT molecular complexity index is 1500. The van der Waals surface area contributed by atoms with Gasteiger partial charge in [-0.2, -0.15) is 13.2 Å². The quantitative estimate of drug-likeness (QED) is 0.279. The van der Waals surface area contributed by atoms with E-state index >= 15 is 0 Å². The van der Waals surface area contributed by atoms with Crippen LogP contribution in [0.4, 0.5) is 22.0 Å². The molecule has 3 aromatic heterocycles. The topological polar surface area (TPSA) is 47.8 Å². The lowest BCUT2D eigenvalue weighted by Gasteiger charge is -2.29. The molecule has 1 fully saturated rings. The number of pyridine rings is 3. The van der Waals surface area contributed by atoms with Crippen molar-refractivity contribution in [3.8, 4) is 0 Å². The van der Waals surface area contributed by atoms with Crippen LogP contribution in [0.1, 0.15) is 65.6 Å². The molecule has 0 aliphatic heterocycles. The first-order valence-corrected chi connectivity index (χ1v) is 12.1. The molecule has 1 aliphatic carbocycles. The second-order valence-corrected chi connectivity index (χ2v) is 9.54. The van der Waals surface area contributed by atoms with Gasteiger partial charge >= 0.3 is 6.18 Å². The van der Waals surface area contributed by atoms with Gasteiger partial charge in [-0.3, -0.25) is 14.3 Å². The van der Waals surface area contributed by atoms with E-state index < -0.39 is 28.9 Å². The first kappa shape index (κ1) is 25.0. The summed E-state index contributed by atoms with van der Waals surface area (Å²) in [7, 11) is 0. The highest BCUT2D eigenvalue weighted by Crippen LogP contribution is 2.41. The first-order valence-electron chi connectivity index (χ1n) is 12.1. The van der Waals surface area contributed by atoms with E-state index in [-0.39, 0.29) is 35.3 Å². The van der Waals surface area contributed by atoms with E-state index in [0.29, 0.717) is 42.3 Å². The molecule has 0 saturated heterocycles. The van der Waals surface area contributed by atoms with Gasteiger partial charge in [0.05, 0.1) is 17.8 Å². The van der Waals surface area contributed by atoms with Gasteiger partial charge in [-0.25, -0.2) is 13.8 Å². The average Bonchev–Trinajstić information content (AvgIpc) is 2.86. The fourth-order valence-corrected chi connectivity index (χ4v) is 5.37. The minimum absolute atomic E-state index is 0.0754. The van der Waals surface area contributed by atoms with Crippen LogP contribution in [0.15, 0.2) is 59.5 Å². The molecular formula is C28H24F5N3O. The molecule has 1 saturated carbocycles. The molecule has 5 rings (SSSR count). The highest BCUT2D eigenvalue weighted by molar-refractivity contribution is 5.76. The van der Waals surface area contributed by atoms with Gasteiger partial charge in [0, 0.05) is 28.4 Å².